The molecule has 2 heteroatoms. The summed E-state index contributed by atoms with van der Waals surface area (Å²) in [7, 11) is 1.56. The molecule has 0 bridgehead atoms. The van der Waals surface area contributed by atoms with Crippen LogP contribution in [0.1, 0.15) is 0 Å². The first-order valence-electron chi connectivity index (χ1n) is 1.02. The standard InChI is InChI=1S/C2H5NO/c1-3-2-4/h2H,1H3,(H,3,4)/i4+2. The summed E-state index contributed by atoms with van der Waals surface area (Å²) in [5, 5.41) is 2.25. The third-order valence-corrected chi connectivity index (χ3v) is 0.118. The van der Waals surface area contributed by atoms with Gasteiger partial charge in [-0.2, -0.15) is 0 Å². The number of carbonyl (C=O) groups is 1. The van der Waals surface area contributed by atoms with E-state index in [1.807, 2.05) is 0 Å². The van der Waals surface area contributed by atoms with Crippen LogP contribution in [0.3, 0.4) is 0 Å². The summed E-state index contributed by atoms with van der Waals surface area (Å²) in [6.07, 6.45) is 0.625. The van der Waals surface area contributed by atoms with Gasteiger partial charge in [0, 0.05) is 7.05 Å². The van der Waals surface area contributed by atoms with E-state index in [9.17, 15) is 0 Å². The number of nitrogens with one attached hydrogen (secondary N) is 1. The van der Waals surface area contributed by atoms with E-state index in [1.165, 1.54) is 0 Å². The molecule has 0 heterocycles. The first-order chi connectivity index (χ1) is 1.91. The van der Waals surface area contributed by atoms with Crippen molar-refractivity contribution in [2.45, 2.75) is 0 Å². The average Bonchev–Trinajstić information content (AvgIpc) is 1.37. The van der Waals surface area contributed by atoms with Gasteiger partial charge in [-0.3, -0.25) is 4.79 Å². The highest BCUT2D eigenvalue weighted by molar-refractivity contribution is 5.44. The Morgan fingerprint density at radius 1 is 2.00 bits per heavy atom. The number of hydrogen-bond donors (Lipinski definition) is 1. The van der Waals surface area contributed by atoms with Gasteiger partial charge in [0.15, 0.2) is 0 Å². The summed E-state index contributed by atoms with van der Waals surface area (Å²) in [5.74, 6) is 0. The Kier molecular flexibility index (Phi) is 2.14. The van der Waals surface area contributed by atoms with E-state index in [2.05, 4.69) is 5.32 Å². The minimum absolute atomic E-state index is 0.625. The fourth-order valence-electron chi connectivity index (χ4n) is 0. The highest BCUT2D eigenvalue weighted by Gasteiger charge is 1.43. The minimum atomic E-state index is 0.625. The quantitative estimate of drug-likeness (QED) is 0.317. The summed E-state index contributed by atoms with van der Waals surface area (Å²) in [5.41, 5.74) is 0. The van der Waals surface area contributed by atoms with Crippen LogP contribution < -0.4 is 5.32 Å². The summed E-state index contributed by atoms with van der Waals surface area (Å²) in [6.45, 7) is 0. The van der Waals surface area contributed by atoms with E-state index in [4.69, 9.17) is 4.79 Å². The van der Waals surface area contributed by atoms with Crippen molar-refractivity contribution < 1.29 is 4.79 Å². The average molecular weight is 61.1 g/mol. The normalized spacial score (nSPS) is 5.25. The fraction of sp³-hybridized carbons (Fsp3) is 0.500. The van der Waals surface area contributed by atoms with Gasteiger partial charge in [-0.1, -0.05) is 0 Å². The Labute approximate surface area is 24.8 Å². The van der Waals surface area contributed by atoms with E-state index in [-0.39, 0.29) is 0 Å². The zero-order chi connectivity index (χ0) is 3.41. The van der Waals surface area contributed by atoms with Crippen LogP contribution in [0.5, 0.6) is 0 Å². The number of carbonyl (C=O) groups excluding carboxylic acids is 1. The lowest BCUT2D eigenvalue weighted by atomic mass is 11.2. The Bertz CT molecular complexity index is 20.0. The predicted molar refractivity (Wildman–Crippen MR) is 15.1 cm³/mol. The second-order valence-electron chi connectivity index (χ2n) is 0.407. The van der Waals surface area contributed by atoms with Crippen LogP contribution in [0.25, 0.3) is 0 Å². The summed E-state index contributed by atoms with van der Waals surface area (Å²) < 4.78 is 0. The number of amides is 1. The van der Waals surface area contributed by atoms with Crippen molar-refractivity contribution in [1.82, 2.24) is 5.32 Å². The highest BCUT2D eigenvalue weighted by atomic mass is 18.1. The smallest absolute Gasteiger partial charge is 0.206 e. The maximum atomic E-state index is 9.06. The molecule has 0 unspecified atom stereocenters. The van der Waals surface area contributed by atoms with Crippen LogP contribution in [-0.4, -0.2) is 13.5 Å². The Morgan fingerprint density at radius 2 is 2.25 bits per heavy atom. The first-order valence-corrected chi connectivity index (χ1v) is 1.02. The van der Waals surface area contributed by atoms with Crippen LogP contribution in [0.4, 0.5) is 0 Å². The second kappa shape index (κ2) is 2.47. The third kappa shape index (κ3) is 1.47. The molecule has 24 valence electrons. The number of rotatable bonds is 1. The molecule has 0 aliphatic rings. The van der Waals surface area contributed by atoms with E-state index < -0.39 is 0 Å². The van der Waals surface area contributed by atoms with E-state index in [0.717, 1.165) is 0 Å². The van der Waals surface area contributed by atoms with Crippen LogP contribution in [0.15, 0.2) is 0 Å². The molecule has 0 aromatic rings. The van der Waals surface area contributed by atoms with Crippen molar-refractivity contribution in [2.24, 2.45) is 0 Å². The molecular weight excluding hydrogens is 56.0 g/mol. The van der Waals surface area contributed by atoms with Crippen LogP contribution in [-0.2, 0) is 4.79 Å². The van der Waals surface area contributed by atoms with Crippen LogP contribution in [0, 0.1) is 0 Å². The van der Waals surface area contributed by atoms with Gasteiger partial charge < -0.3 is 5.32 Å². The lowest BCUT2D eigenvalue weighted by Gasteiger charge is -1.64. The van der Waals surface area contributed by atoms with Gasteiger partial charge in [-0.05, 0) is 0 Å². The fourth-order valence-corrected chi connectivity index (χ4v) is 0. The molecule has 0 radical (unpaired) electrons. The van der Waals surface area contributed by atoms with Crippen molar-refractivity contribution in [3.05, 3.63) is 0 Å². The van der Waals surface area contributed by atoms with Crippen LogP contribution >= 0.6 is 0 Å². The van der Waals surface area contributed by atoms with Crippen molar-refractivity contribution in [1.29, 1.82) is 0 Å². The van der Waals surface area contributed by atoms with Gasteiger partial charge in [0.25, 0.3) is 0 Å². The van der Waals surface area contributed by atoms with Gasteiger partial charge in [-0.25, -0.2) is 0 Å². The lowest BCUT2D eigenvalue weighted by Crippen LogP contribution is -1.98. The maximum absolute atomic E-state index is 9.06. The number of hydrogen-bond acceptors (Lipinski definition) is 1. The molecule has 1 N–H and O–H groups in total. The molecule has 0 aliphatic heterocycles. The van der Waals surface area contributed by atoms with Crippen molar-refractivity contribution in [3.8, 4) is 0 Å². The van der Waals surface area contributed by atoms with E-state index in [0.29, 0.717) is 6.41 Å². The Hall–Kier alpha value is -0.530. The lowest BCUT2D eigenvalue weighted by molar-refractivity contribution is -0.109. The molecule has 4 heavy (non-hydrogen) atoms. The zero-order valence-corrected chi connectivity index (χ0v) is 2.49. The van der Waals surface area contributed by atoms with E-state index in [1.54, 1.807) is 7.05 Å². The van der Waals surface area contributed by atoms with Gasteiger partial charge in [-0.15, -0.1) is 0 Å². The molecule has 0 atom stereocenters. The maximum Gasteiger partial charge on any atom is 0.206 e. The third-order valence-electron chi connectivity index (χ3n) is 0.118. The largest absolute Gasteiger partial charge is 0.362 e. The molecule has 0 spiro atoms. The highest BCUT2D eigenvalue weighted by Crippen LogP contribution is 1.09. The Balaban J connectivity index is 2.30. The molecule has 0 aromatic carbocycles. The van der Waals surface area contributed by atoms with Crippen molar-refractivity contribution in [2.75, 3.05) is 7.05 Å². The van der Waals surface area contributed by atoms with Gasteiger partial charge in [0.1, 0.15) is 0 Å². The van der Waals surface area contributed by atoms with Crippen LogP contribution in [0.2, 0.25) is 0 Å². The molecule has 0 aromatic heterocycles. The SMILES string of the molecule is CNC=[18O]. The minimum Gasteiger partial charge on any atom is -0.362 e. The summed E-state index contributed by atoms with van der Waals surface area (Å²) in [4.78, 5) is 9.06. The molecule has 0 aliphatic carbocycles. The van der Waals surface area contributed by atoms with E-state index >= 15 is 0 Å². The van der Waals surface area contributed by atoms with Gasteiger partial charge in [0.05, 0.1) is 0 Å². The van der Waals surface area contributed by atoms with Crippen molar-refractivity contribution >= 4 is 6.41 Å². The van der Waals surface area contributed by atoms with Crippen molar-refractivity contribution in [3.63, 3.8) is 0 Å². The molecule has 0 rings (SSSR count). The zero-order valence-electron chi connectivity index (χ0n) is 2.49. The monoisotopic (exact) mass is 61.0 g/mol. The summed E-state index contributed by atoms with van der Waals surface area (Å²) in [6, 6.07) is 0. The molecule has 1 amide bonds. The molecule has 2 nitrogen and oxygen atoms in total. The molecule has 0 saturated carbocycles. The van der Waals surface area contributed by atoms with Gasteiger partial charge in [0.2, 0.25) is 6.41 Å². The summed E-state index contributed by atoms with van der Waals surface area (Å²) >= 11 is 0. The predicted octanol–water partition coefficient (Wildman–Crippen LogP) is -0.638. The van der Waals surface area contributed by atoms with Gasteiger partial charge >= 0.3 is 0 Å². The Morgan fingerprint density at radius 3 is 2.25 bits per heavy atom. The molecule has 0 fully saturated rings. The second-order valence-corrected chi connectivity index (χ2v) is 0.407. The molecule has 0 saturated heterocycles. The molecular formula is C2H5NO. The topological polar surface area (TPSA) is 29.1 Å². The first kappa shape index (κ1) is 3.47.